The zero-order valence-corrected chi connectivity index (χ0v) is 9.03. The number of carbonyl (C=O) groups is 1. The molecule has 0 bridgehead atoms. The number of hydrogen-bond acceptors (Lipinski definition) is 2. The quantitative estimate of drug-likeness (QED) is 0.740. The molecule has 15 heavy (non-hydrogen) atoms. The van der Waals surface area contributed by atoms with Gasteiger partial charge in [-0.15, -0.1) is 0 Å². The lowest BCUT2D eigenvalue weighted by Crippen LogP contribution is -2.25. The Morgan fingerprint density at radius 3 is 2.67 bits per heavy atom. The number of rotatable bonds is 2. The Kier molecular flexibility index (Phi) is 3.05. The molecular formula is C13H16O2. The van der Waals surface area contributed by atoms with E-state index >= 15 is 0 Å². The van der Waals surface area contributed by atoms with Crippen molar-refractivity contribution in [1.29, 1.82) is 0 Å². The summed E-state index contributed by atoms with van der Waals surface area (Å²) in [6, 6.07) is 7.99. The molecule has 0 radical (unpaired) electrons. The molecule has 80 valence electrons. The van der Waals surface area contributed by atoms with Crippen LogP contribution in [0.5, 0.6) is 5.75 Å². The topological polar surface area (TPSA) is 26.3 Å². The Labute approximate surface area is 90.3 Å². The Morgan fingerprint density at radius 2 is 2.00 bits per heavy atom. The molecule has 0 heterocycles. The van der Waals surface area contributed by atoms with Crippen molar-refractivity contribution in [2.45, 2.75) is 38.7 Å². The average molecular weight is 204 g/mol. The summed E-state index contributed by atoms with van der Waals surface area (Å²) in [5.41, 5.74) is 1.22. The molecule has 1 aromatic carbocycles. The molecule has 1 saturated carbocycles. The third-order valence-electron chi connectivity index (χ3n) is 2.76. The van der Waals surface area contributed by atoms with E-state index in [0.717, 1.165) is 25.0 Å². The fourth-order valence-electron chi connectivity index (χ4n) is 1.89. The van der Waals surface area contributed by atoms with E-state index in [-0.39, 0.29) is 6.10 Å². The molecule has 2 nitrogen and oxygen atoms in total. The van der Waals surface area contributed by atoms with E-state index in [2.05, 4.69) is 0 Å². The van der Waals surface area contributed by atoms with Crippen molar-refractivity contribution in [3.8, 4) is 5.75 Å². The summed E-state index contributed by atoms with van der Waals surface area (Å²) in [4.78, 5) is 11.2. The van der Waals surface area contributed by atoms with Gasteiger partial charge in [-0.05, 0) is 31.9 Å². The number of ether oxygens (including phenoxy) is 1. The van der Waals surface area contributed by atoms with Crippen molar-refractivity contribution < 1.29 is 9.53 Å². The molecule has 1 fully saturated rings. The first-order chi connectivity index (χ1) is 7.24. The standard InChI is InChI=1S/C13H16O2/c1-10-5-7-12(8-6-10)15-13-4-2-3-11(14)9-13/h5-8,13H,2-4,9H2,1H3. The van der Waals surface area contributed by atoms with Crippen LogP contribution in [-0.4, -0.2) is 11.9 Å². The van der Waals surface area contributed by atoms with Crippen LogP contribution in [-0.2, 0) is 4.79 Å². The molecule has 0 aromatic heterocycles. The van der Waals surface area contributed by atoms with Crippen molar-refractivity contribution in [2.75, 3.05) is 0 Å². The molecule has 0 saturated heterocycles. The van der Waals surface area contributed by atoms with E-state index in [1.165, 1.54) is 5.56 Å². The van der Waals surface area contributed by atoms with E-state index in [9.17, 15) is 4.79 Å². The van der Waals surface area contributed by atoms with Gasteiger partial charge in [0, 0.05) is 12.8 Å². The molecule has 1 aliphatic rings. The Hall–Kier alpha value is -1.31. The van der Waals surface area contributed by atoms with Gasteiger partial charge in [0.2, 0.25) is 0 Å². The molecule has 0 amide bonds. The highest BCUT2D eigenvalue weighted by atomic mass is 16.5. The largest absolute Gasteiger partial charge is 0.490 e. The monoisotopic (exact) mass is 204 g/mol. The van der Waals surface area contributed by atoms with Crippen molar-refractivity contribution in [1.82, 2.24) is 0 Å². The predicted molar refractivity (Wildman–Crippen MR) is 59.1 cm³/mol. The minimum Gasteiger partial charge on any atom is -0.490 e. The Morgan fingerprint density at radius 1 is 1.27 bits per heavy atom. The van der Waals surface area contributed by atoms with Gasteiger partial charge in [-0.25, -0.2) is 0 Å². The minimum absolute atomic E-state index is 0.0916. The van der Waals surface area contributed by atoms with Gasteiger partial charge < -0.3 is 4.74 Å². The molecule has 2 rings (SSSR count). The van der Waals surface area contributed by atoms with Gasteiger partial charge in [-0.2, -0.15) is 0 Å². The average Bonchev–Trinajstić information content (AvgIpc) is 2.22. The smallest absolute Gasteiger partial charge is 0.136 e. The summed E-state index contributed by atoms with van der Waals surface area (Å²) in [6.07, 6.45) is 3.37. The fraction of sp³-hybridized carbons (Fsp3) is 0.462. The van der Waals surface area contributed by atoms with Gasteiger partial charge >= 0.3 is 0 Å². The second kappa shape index (κ2) is 4.47. The van der Waals surface area contributed by atoms with Gasteiger partial charge in [0.25, 0.3) is 0 Å². The highest BCUT2D eigenvalue weighted by Crippen LogP contribution is 2.21. The van der Waals surface area contributed by atoms with Crippen LogP contribution in [0.1, 0.15) is 31.2 Å². The molecule has 0 aliphatic heterocycles. The minimum atomic E-state index is 0.0916. The number of Topliss-reactive ketones (excluding diaryl/α,β-unsaturated/α-hetero) is 1. The van der Waals surface area contributed by atoms with E-state index in [1.54, 1.807) is 0 Å². The van der Waals surface area contributed by atoms with Crippen LogP contribution in [0.25, 0.3) is 0 Å². The molecule has 1 aromatic rings. The van der Waals surface area contributed by atoms with Crippen LogP contribution in [0.4, 0.5) is 0 Å². The molecule has 1 atom stereocenters. The van der Waals surface area contributed by atoms with Gasteiger partial charge in [0.1, 0.15) is 17.6 Å². The third-order valence-corrected chi connectivity index (χ3v) is 2.76. The first kappa shape index (κ1) is 10.2. The second-order valence-corrected chi connectivity index (χ2v) is 4.19. The maximum Gasteiger partial charge on any atom is 0.136 e. The van der Waals surface area contributed by atoms with Gasteiger partial charge in [-0.3, -0.25) is 4.79 Å². The highest BCUT2D eigenvalue weighted by Gasteiger charge is 2.20. The fourth-order valence-corrected chi connectivity index (χ4v) is 1.89. The summed E-state index contributed by atoms with van der Waals surface area (Å²) in [5.74, 6) is 1.21. The SMILES string of the molecule is Cc1ccc(OC2CCCC(=O)C2)cc1. The summed E-state index contributed by atoms with van der Waals surface area (Å²) < 4.78 is 5.76. The molecule has 1 unspecified atom stereocenters. The van der Waals surface area contributed by atoms with Gasteiger partial charge in [-0.1, -0.05) is 17.7 Å². The predicted octanol–water partition coefficient (Wildman–Crippen LogP) is 2.89. The summed E-state index contributed by atoms with van der Waals surface area (Å²) in [5, 5.41) is 0. The van der Waals surface area contributed by atoms with Crippen molar-refractivity contribution in [2.24, 2.45) is 0 Å². The van der Waals surface area contributed by atoms with Crippen LogP contribution < -0.4 is 4.74 Å². The highest BCUT2D eigenvalue weighted by molar-refractivity contribution is 5.79. The first-order valence-corrected chi connectivity index (χ1v) is 5.49. The zero-order chi connectivity index (χ0) is 10.7. The lowest BCUT2D eigenvalue weighted by Gasteiger charge is -2.22. The lowest BCUT2D eigenvalue weighted by molar-refractivity contribution is -0.122. The van der Waals surface area contributed by atoms with Gasteiger partial charge in [0.05, 0.1) is 0 Å². The maximum absolute atomic E-state index is 11.2. The number of aryl methyl sites for hydroxylation is 1. The molecule has 0 N–H and O–H groups in total. The van der Waals surface area contributed by atoms with E-state index in [4.69, 9.17) is 4.74 Å². The van der Waals surface area contributed by atoms with E-state index < -0.39 is 0 Å². The first-order valence-electron chi connectivity index (χ1n) is 5.49. The second-order valence-electron chi connectivity index (χ2n) is 4.19. The number of benzene rings is 1. The summed E-state index contributed by atoms with van der Waals surface area (Å²) >= 11 is 0. The normalized spacial score (nSPS) is 21.4. The maximum atomic E-state index is 11.2. The Balaban J connectivity index is 1.96. The van der Waals surface area contributed by atoms with Crippen molar-refractivity contribution in [3.05, 3.63) is 29.8 Å². The van der Waals surface area contributed by atoms with E-state index in [1.807, 2.05) is 31.2 Å². The van der Waals surface area contributed by atoms with Gasteiger partial charge in [0.15, 0.2) is 0 Å². The van der Waals surface area contributed by atoms with Crippen LogP contribution in [0.15, 0.2) is 24.3 Å². The van der Waals surface area contributed by atoms with Crippen LogP contribution in [0.3, 0.4) is 0 Å². The molecule has 0 spiro atoms. The van der Waals surface area contributed by atoms with Crippen LogP contribution in [0, 0.1) is 6.92 Å². The number of hydrogen-bond donors (Lipinski definition) is 0. The Bertz CT molecular complexity index is 340. The molecule has 2 heteroatoms. The zero-order valence-electron chi connectivity index (χ0n) is 9.03. The third kappa shape index (κ3) is 2.82. The summed E-state index contributed by atoms with van der Waals surface area (Å²) in [7, 11) is 0. The lowest BCUT2D eigenvalue weighted by atomic mass is 9.96. The number of ketones is 1. The molecule has 1 aliphatic carbocycles. The van der Waals surface area contributed by atoms with E-state index in [0.29, 0.717) is 12.2 Å². The molecular weight excluding hydrogens is 188 g/mol. The van der Waals surface area contributed by atoms with Crippen molar-refractivity contribution >= 4 is 5.78 Å². The number of carbonyl (C=O) groups excluding carboxylic acids is 1. The summed E-state index contributed by atoms with van der Waals surface area (Å²) in [6.45, 7) is 2.05. The van der Waals surface area contributed by atoms with Crippen LogP contribution >= 0.6 is 0 Å². The van der Waals surface area contributed by atoms with Crippen LogP contribution in [0.2, 0.25) is 0 Å². The van der Waals surface area contributed by atoms with Crippen molar-refractivity contribution in [3.63, 3.8) is 0 Å².